The Balaban J connectivity index is -0.000000245. The number of hydrogen-bond donors (Lipinski definition) is 2. The van der Waals surface area contributed by atoms with E-state index in [4.69, 9.17) is 18.7 Å². The zero-order chi connectivity index (χ0) is 6.62. The van der Waals surface area contributed by atoms with Crippen LogP contribution in [0.1, 0.15) is 0 Å². The summed E-state index contributed by atoms with van der Waals surface area (Å²) in [6.45, 7) is 0. The van der Waals surface area contributed by atoms with Crippen LogP contribution in [0, 0.1) is 0 Å². The summed E-state index contributed by atoms with van der Waals surface area (Å²) in [5.74, 6) is 0. The van der Waals surface area contributed by atoms with Gasteiger partial charge >= 0.3 is 8.97 Å². The summed E-state index contributed by atoms with van der Waals surface area (Å²) < 4.78 is 14.1. The fourth-order valence-electron chi connectivity index (χ4n) is 0.250. The van der Waals surface area contributed by atoms with Gasteiger partial charge in [0.1, 0.15) is 0 Å². The quantitative estimate of drug-likeness (QED) is 0.607. The number of rotatable bonds is 3. The summed E-state index contributed by atoms with van der Waals surface area (Å²) in [5, 5.41) is 5.37. The second kappa shape index (κ2) is 7.41. The number of hydrogen-bond acceptors (Lipinski definition) is 5. The highest BCUT2D eigenvalue weighted by Crippen LogP contribution is 1.93. The van der Waals surface area contributed by atoms with Crippen molar-refractivity contribution in [3.8, 4) is 0 Å². The molecule has 7 heteroatoms. The van der Waals surface area contributed by atoms with E-state index in [9.17, 15) is 0 Å². The molecular formula is C3H15ClN2O3Si. The summed E-state index contributed by atoms with van der Waals surface area (Å²) in [7, 11) is 1.70. The van der Waals surface area contributed by atoms with E-state index >= 15 is 0 Å². The van der Waals surface area contributed by atoms with Gasteiger partial charge < -0.3 is 19.4 Å². The Morgan fingerprint density at radius 2 is 1.20 bits per heavy atom. The van der Waals surface area contributed by atoms with Gasteiger partial charge in [-0.3, -0.25) is 5.40 Å². The lowest BCUT2D eigenvalue weighted by molar-refractivity contribution is 0.125. The molecular weight excluding hydrogens is 176 g/mol. The minimum Gasteiger partial charge on any atom is -0.365 e. The molecule has 0 rings (SSSR count). The first-order valence-electron chi connectivity index (χ1n) is 2.13. The van der Waals surface area contributed by atoms with Crippen molar-refractivity contribution in [2.75, 3.05) is 21.3 Å². The Kier molecular flexibility index (Phi) is 12.4. The molecule has 0 saturated carbocycles. The molecule has 10 heavy (non-hydrogen) atoms. The van der Waals surface area contributed by atoms with E-state index < -0.39 is 8.97 Å². The molecule has 5 N–H and O–H groups in total. The van der Waals surface area contributed by atoms with Crippen LogP contribution in [0.5, 0.6) is 0 Å². The number of nitrogens with two attached hydrogens (primary N) is 1. The molecule has 0 spiro atoms. The maximum absolute atomic E-state index is 5.37. The molecule has 0 aromatic carbocycles. The van der Waals surface area contributed by atoms with E-state index in [0.29, 0.717) is 0 Å². The molecule has 0 atom stereocenters. The van der Waals surface area contributed by atoms with Gasteiger partial charge in [0.15, 0.2) is 0 Å². The molecule has 0 fully saturated rings. The molecule has 0 heterocycles. The van der Waals surface area contributed by atoms with Crippen LogP contribution in [0.2, 0.25) is 0 Å². The average Bonchev–Trinajstić information content (AvgIpc) is 1.87. The number of halogens is 1. The third-order valence-corrected chi connectivity index (χ3v) is 2.56. The van der Waals surface area contributed by atoms with Crippen LogP contribution in [0.4, 0.5) is 0 Å². The predicted molar refractivity (Wildman–Crippen MR) is 43.2 cm³/mol. The monoisotopic (exact) mass is 190 g/mol. The van der Waals surface area contributed by atoms with Crippen molar-refractivity contribution < 1.29 is 13.3 Å². The third-order valence-electron chi connectivity index (χ3n) is 0.854. The second-order valence-corrected chi connectivity index (χ2v) is 3.65. The van der Waals surface area contributed by atoms with Crippen LogP contribution in [-0.2, 0) is 13.3 Å². The van der Waals surface area contributed by atoms with E-state index in [0.717, 1.165) is 0 Å². The van der Waals surface area contributed by atoms with Crippen LogP contribution in [0.3, 0.4) is 0 Å². The van der Waals surface area contributed by atoms with Gasteiger partial charge in [0.05, 0.1) is 0 Å². The van der Waals surface area contributed by atoms with Gasteiger partial charge in [-0.05, 0) is 0 Å². The Morgan fingerprint density at radius 3 is 1.20 bits per heavy atom. The fraction of sp³-hybridized carbons (Fsp3) is 1.00. The Hall–Kier alpha value is 0.307. The molecule has 0 aliphatic heterocycles. The Labute approximate surface area is 68.3 Å². The Morgan fingerprint density at radius 1 is 1.00 bits per heavy atom. The molecule has 0 aliphatic rings. The largest absolute Gasteiger partial charge is 0.593 e. The zero-order valence-corrected chi connectivity index (χ0v) is 8.23. The lowest BCUT2D eigenvalue weighted by Gasteiger charge is -2.17. The topological polar surface area (TPSA) is 88.7 Å². The van der Waals surface area contributed by atoms with E-state index in [2.05, 4.69) is 0 Å². The van der Waals surface area contributed by atoms with E-state index in [1.54, 1.807) is 0 Å². The average molecular weight is 191 g/mol. The molecule has 0 amide bonds. The first kappa shape index (κ1) is 16.7. The summed E-state index contributed by atoms with van der Waals surface area (Å²) >= 11 is 0. The van der Waals surface area contributed by atoms with Crippen molar-refractivity contribution in [1.82, 2.24) is 6.15 Å². The van der Waals surface area contributed by atoms with Crippen LogP contribution in [-0.4, -0.2) is 30.3 Å². The van der Waals surface area contributed by atoms with Crippen molar-refractivity contribution in [3.63, 3.8) is 0 Å². The van der Waals surface area contributed by atoms with Crippen molar-refractivity contribution in [1.29, 1.82) is 0 Å². The van der Waals surface area contributed by atoms with Gasteiger partial charge in [-0.2, -0.15) is 0 Å². The maximum atomic E-state index is 5.37. The highest BCUT2D eigenvalue weighted by Gasteiger charge is 2.32. The SMILES string of the molecule is CO[Si](N)(OC)OC.Cl.N. The van der Waals surface area contributed by atoms with Gasteiger partial charge in [0, 0.05) is 21.3 Å². The smallest absolute Gasteiger partial charge is 0.365 e. The van der Waals surface area contributed by atoms with Gasteiger partial charge in [0.25, 0.3) is 0 Å². The lowest BCUT2D eigenvalue weighted by Crippen LogP contribution is -2.52. The molecule has 66 valence electrons. The minimum absolute atomic E-state index is 0. The first-order valence-corrected chi connectivity index (χ1v) is 3.93. The molecule has 0 unspecified atom stereocenters. The van der Waals surface area contributed by atoms with Crippen molar-refractivity contribution in [2.24, 2.45) is 5.40 Å². The first-order chi connectivity index (χ1) is 3.68. The van der Waals surface area contributed by atoms with Crippen molar-refractivity contribution >= 4 is 21.4 Å². The van der Waals surface area contributed by atoms with Gasteiger partial charge in [-0.15, -0.1) is 12.4 Å². The normalized spacial score (nSPS) is 9.60. The molecule has 0 radical (unpaired) electrons. The third kappa shape index (κ3) is 5.12. The fourth-order valence-corrected chi connectivity index (χ4v) is 0.750. The lowest BCUT2D eigenvalue weighted by atomic mass is 11.8. The van der Waals surface area contributed by atoms with Gasteiger partial charge in [-0.1, -0.05) is 0 Å². The summed E-state index contributed by atoms with van der Waals surface area (Å²) in [4.78, 5) is 0. The van der Waals surface area contributed by atoms with Crippen LogP contribution in [0.25, 0.3) is 0 Å². The molecule has 5 nitrogen and oxygen atoms in total. The van der Waals surface area contributed by atoms with Crippen LogP contribution < -0.4 is 11.5 Å². The highest BCUT2D eigenvalue weighted by atomic mass is 35.5. The van der Waals surface area contributed by atoms with Crippen LogP contribution >= 0.6 is 12.4 Å². The van der Waals surface area contributed by atoms with Crippen LogP contribution in [0.15, 0.2) is 0 Å². The van der Waals surface area contributed by atoms with Crippen molar-refractivity contribution in [3.05, 3.63) is 0 Å². The summed E-state index contributed by atoms with van der Waals surface area (Å²) in [5.41, 5.74) is 0. The van der Waals surface area contributed by atoms with Gasteiger partial charge in [0.2, 0.25) is 0 Å². The molecule has 0 bridgehead atoms. The second-order valence-electron chi connectivity index (χ2n) is 1.22. The van der Waals surface area contributed by atoms with Gasteiger partial charge in [-0.25, -0.2) is 0 Å². The van der Waals surface area contributed by atoms with Crippen molar-refractivity contribution in [2.45, 2.75) is 0 Å². The van der Waals surface area contributed by atoms with E-state index in [1.807, 2.05) is 0 Å². The summed E-state index contributed by atoms with van der Waals surface area (Å²) in [6, 6.07) is 0. The molecule has 0 aromatic heterocycles. The molecule has 0 aliphatic carbocycles. The Bertz CT molecular complexity index is 64.5. The minimum atomic E-state index is -2.67. The van der Waals surface area contributed by atoms with E-state index in [-0.39, 0.29) is 18.6 Å². The summed E-state index contributed by atoms with van der Waals surface area (Å²) in [6.07, 6.45) is 0. The zero-order valence-electron chi connectivity index (χ0n) is 6.42. The standard InChI is InChI=1S/C3H11NO3Si.ClH.H3N/c1-5-8(4,6-2)7-3;;/h4H2,1-3H3;1H;1H3. The molecule has 0 saturated heterocycles. The maximum Gasteiger partial charge on any atom is 0.593 e. The van der Waals surface area contributed by atoms with E-state index in [1.165, 1.54) is 21.3 Å². The predicted octanol–water partition coefficient (Wildman–Crippen LogP) is -0.0963. The highest BCUT2D eigenvalue weighted by molar-refractivity contribution is 6.56. The molecule has 0 aromatic rings.